The smallest absolute Gasteiger partial charge is 0.205 e. The largest absolute Gasteiger partial charge is 0.279 e. The highest BCUT2D eigenvalue weighted by atomic mass is 16.5. The van der Waals surface area contributed by atoms with E-state index < -0.39 is 0 Å². The van der Waals surface area contributed by atoms with Crippen molar-refractivity contribution in [3.63, 3.8) is 0 Å². The highest BCUT2D eigenvalue weighted by Crippen LogP contribution is 1.55. The molecule has 0 amide bonds. The number of nitrogens with zero attached hydrogens (tertiary/aromatic N) is 2. The second-order valence-electron chi connectivity index (χ2n) is 0.624. The molecule has 0 aromatic rings. The van der Waals surface area contributed by atoms with Gasteiger partial charge in [0.25, 0.3) is 0 Å². The Morgan fingerprint density at radius 2 is 2.20 bits per heavy atom. The van der Waals surface area contributed by atoms with Crippen molar-refractivity contribution < 1.29 is 5.21 Å². The Morgan fingerprint density at radius 1 is 2.00 bits per heavy atom. The van der Waals surface area contributed by atoms with Crippen LogP contribution in [0.4, 0.5) is 0 Å². The fraction of sp³-hybridized carbons (Fsp3) is 0.500. The lowest BCUT2D eigenvalue weighted by Crippen LogP contribution is -2.00. The van der Waals surface area contributed by atoms with Crippen LogP contribution < -0.4 is 0 Å². The van der Waals surface area contributed by atoms with E-state index in [4.69, 9.17) is 10.5 Å². The van der Waals surface area contributed by atoms with E-state index in [2.05, 4.69) is 0 Å². The van der Waals surface area contributed by atoms with Gasteiger partial charge in [-0.05, 0) is 0 Å². The van der Waals surface area contributed by atoms with Crippen LogP contribution in [0.1, 0.15) is 0 Å². The highest BCUT2D eigenvalue weighted by Gasteiger charge is 1.69. The van der Waals surface area contributed by atoms with Crippen molar-refractivity contribution in [1.82, 2.24) is 5.06 Å². The summed E-state index contributed by atoms with van der Waals surface area (Å²) in [5.41, 5.74) is 0. The van der Waals surface area contributed by atoms with E-state index in [1.54, 1.807) is 0 Å². The van der Waals surface area contributed by atoms with Crippen molar-refractivity contribution in [1.29, 1.82) is 5.26 Å². The summed E-state index contributed by atoms with van der Waals surface area (Å²) in [6, 6.07) is 0. The van der Waals surface area contributed by atoms with Gasteiger partial charge in [0.2, 0.25) is 6.19 Å². The van der Waals surface area contributed by atoms with E-state index in [1.807, 2.05) is 0 Å². The molecule has 0 aliphatic heterocycles. The van der Waals surface area contributed by atoms with E-state index in [1.165, 1.54) is 13.2 Å². The van der Waals surface area contributed by atoms with Crippen LogP contribution >= 0.6 is 0 Å². The van der Waals surface area contributed by atoms with Crippen LogP contribution in [0.5, 0.6) is 0 Å². The summed E-state index contributed by atoms with van der Waals surface area (Å²) in [4.78, 5) is 0. The highest BCUT2D eigenvalue weighted by molar-refractivity contribution is 4.54. The summed E-state index contributed by atoms with van der Waals surface area (Å²) in [5.74, 6) is 0. The molecule has 0 rings (SSSR count). The minimum Gasteiger partial charge on any atom is -0.279 e. The summed E-state index contributed by atoms with van der Waals surface area (Å²) >= 11 is 0. The average molecular weight is 72.1 g/mol. The van der Waals surface area contributed by atoms with Crippen molar-refractivity contribution in [2.45, 2.75) is 0 Å². The molecule has 0 radical (unpaired) electrons. The molecule has 3 heteroatoms. The summed E-state index contributed by atoms with van der Waals surface area (Å²) in [7, 11) is 1.25. The molecule has 5 heavy (non-hydrogen) atoms. The monoisotopic (exact) mass is 72.0 g/mol. The van der Waals surface area contributed by atoms with Crippen LogP contribution in [0.3, 0.4) is 0 Å². The van der Waals surface area contributed by atoms with Gasteiger partial charge in [0, 0.05) is 7.05 Å². The van der Waals surface area contributed by atoms with Gasteiger partial charge in [0.1, 0.15) is 0 Å². The van der Waals surface area contributed by atoms with Gasteiger partial charge in [-0.3, -0.25) is 5.21 Å². The van der Waals surface area contributed by atoms with E-state index in [9.17, 15) is 0 Å². The molecule has 0 fully saturated rings. The number of nitriles is 1. The fourth-order valence-corrected chi connectivity index (χ4v) is 0. The Morgan fingerprint density at radius 3 is 2.20 bits per heavy atom. The minimum absolute atomic E-state index is 0.431. The minimum atomic E-state index is 0.431. The number of hydrogen-bond acceptors (Lipinski definition) is 3. The first-order valence-corrected chi connectivity index (χ1v) is 1.09. The first kappa shape index (κ1) is 4.25. The summed E-state index contributed by atoms with van der Waals surface area (Å²) in [6.07, 6.45) is 1.42. The molecule has 0 aliphatic rings. The lowest BCUT2D eigenvalue weighted by Gasteiger charge is -1.87. The summed E-state index contributed by atoms with van der Waals surface area (Å²) in [6.45, 7) is 0. The molecule has 0 aliphatic carbocycles. The van der Waals surface area contributed by atoms with Crippen LogP contribution in [-0.2, 0) is 0 Å². The van der Waals surface area contributed by atoms with Crippen molar-refractivity contribution in [3.05, 3.63) is 0 Å². The zero-order valence-electron chi connectivity index (χ0n) is 2.84. The van der Waals surface area contributed by atoms with E-state index in [0.717, 1.165) is 0 Å². The normalized spacial score (nSPS) is 5.80. The molecule has 0 unspecified atom stereocenters. The van der Waals surface area contributed by atoms with Gasteiger partial charge in [0.05, 0.1) is 0 Å². The zero-order chi connectivity index (χ0) is 4.28. The van der Waals surface area contributed by atoms with Crippen LogP contribution in [0.25, 0.3) is 0 Å². The molecule has 28 valence electrons. The van der Waals surface area contributed by atoms with Crippen molar-refractivity contribution in [2.24, 2.45) is 0 Å². The molecule has 0 aromatic heterocycles. The molecule has 0 heterocycles. The van der Waals surface area contributed by atoms with Gasteiger partial charge in [-0.1, -0.05) is 0 Å². The predicted octanol–water partition coefficient (Wildman–Crippen LogP) is -0.212. The maximum atomic E-state index is 7.83. The molecule has 0 saturated heterocycles. The van der Waals surface area contributed by atoms with Crippen molar-refractivity contribution >= 4 is 0 Å². The molecular weight excluding hydrogens is 68.0 g/mol. The summed E-state index contributed by atoms with van der Waals surface area (Å²) < 4.78 is 0. The number of hydroxylamine groups is 2. The van der Waals surface area contributed by atoms with E-state index in [0.29, 0.717) is 5.06 Å². The Labute approximate surface area is 30.0 Å². The first-order valence-electron chi connectivity index (χ1n) is 1.09. The van der Waals surface area contributed by atoms with Crippen LogP contribution in [0.2, 0.25) is 0 Å². The van der Waals surface area contributed by atoms with Crippen LogP contribution in [0.15, 0.2) is 0 Å². The maximum absolute atomic E-state index is 7.83. The fourth-order valence-electron chi connectivity index (χ4n) is 0. The number of hydrogen-bond donors (Lipinski definition) is 1. The van der Waals surface area contributed by atoms with Crippen LogP contribution in [0, 0.1) is 11.5 Å². The van der Waals surface area contributed by atoms with Gasteiger partial charge >= 0.3 is 0 Å². The lowest BCUT2D eigenvalue weighted by molar-refractivity contribution is -0.00267. The lowest BCUT2D eigenvalue weighted by atomic mass is 11.2. The maximum Gasteiger partial charge on any atom is 0.205 e. The van der Waals surface area contributed by atoms with Gasteiger partial charge in [-0.15, -0.1) is 0 Å². The second-order valence-corrected chi connectivity index (χ2v) is 0.624. The van der Waals surface area contributed by atoms with Crippen molar-refractivity contribution in [3.8, 4) is 6.19 Å². The SMILES string of the molecule is CN(O)C#N. The molecule has 0 bridgehead atoms. The van der Waals surface area contributed by atoms with Gasteiger partial charge < -0.3 is 0 Å². The summed E-state index contributed by atoms with van der Waals surface area (Å²) in [5, 5.41) is 15.8. The third kappa shape index (κ3) is 3.25. The molecule has 0 spiro atoms. The first-order chi connectivity index (χ1) is 2.27. The van der Waals surface area contributed by atoms with Crippen molar-refractivity contribution in [2.75, 3.05) is 7.05 Å². The molecule has 0 saturated carbocycles. The predicted molar refractivity (Wildman–Crippen MR) is 15.2 cm³/mol. The second kappa shape index (κ2) is 1.56. The zero-order valence-corrected chi connectivity index (χ0v) is 2.84. The molecule has 3 nitrogen and oxygen atoms in total. The Balaban J connectivity index is 2.94. The molecule has 0 aromatic carbocycles. The molecular formula is C2H4N2O. The third-order valence-corrected chi connectivity index (χ3v) is 0.145. The standard InChI is InChI=1S/C2H4N2O/c1-4(5)2-3/h5H,1H3. The topological polar surface area (TPSA) is 47.3 Å². The molecule has 0 atom stereocenters. The average Bonchev–Trinajstić information content (AvgIpc) is 1.38. The quantitative estimate of drug-likeness (QED) is 0.244. The molecule has 1 N–H and O–H groups in total. The Bertz CT molecular complexity index is 53.2. The third-order valence-electron chi connectivity index (χ3n) is 0.145. The van der Waals surface area contributed by atoms with Crippen LogP contribution in [-0.4, -0.2) is 17.3 Å². The van der Waals surface area contributed by atoms with Gasteiger partial charge in [0.15, 0.2) is 0 Å². The van der Waals surface area contributed by atoms with Gasteiger partial charge in [-0.2, -0.15) is 10.3 Å². The van der Waals surface area contributed by atoms with E-state index in [-0.39, 0.29) is 0 Å². The van der Waals surface area contributed by atoms with Gasteiger partial charge in [-0.25, -0.2) is 0 Å². The Kier molecular flexibility index (Phi) is 1.32. The number of rotatable bonds is 0. The van der Waals surface area contributed by atoms with E-state index >= 15 is 0 Å². The Hall–Kier alpha value is -0.750.